The molecular formula is C16H23NOS. The molecule has 19 heavy (non-hydrogen) atoms. The molecule has 1 saturated heterocycles. The molecule has 2 atom stereocenters. The summed E-state index contributed by atoms with van der Waals surface area (Å²) < 4.78 is 5.76. The molecule has 0 spiro atoms. The predicted molar refractivity (Wildman–Crippen MR) is 84.9 cm³/mol. The van der Waals surface area contributed by atoms with E-state index in [9.17, 15) is 0 Å². The lowest BCUT2D eigenvalue weighted by Crippen LogP contribution is -2.35. The molecule has 0 bridgehead atoms. The maximum atomic E-state index is 5.76. The van der Waals surface area contributed by atoms with Gasteiger partial charge in [0.1, 0.15) is 0 Å². The van der Waals surface area contributed by atoms with Crippen molar-refractivity contribution >= 4 is 22.9 Å². The van der Waals surface area contributed by atoms with Gasteiger partial charge in [0.25, 0.3) is 0 Å². The van der Waals surface area contributed by atoms with Crippen LogP contribution in [0.25, 0.3) is 0 Å². The summed E-state index contributed by atoms with van der Waals surface area (Å²) in [7, 11) is 0. The molecule has 0 amide bonds. The highest BCUT2D eigenvalue weighted by Crippen LogP contribution is 2.27. The summed E-state index contributed by atoms with van der Waals surface area (Å²) in [6.07, 6.45) is 2.63. The monoisotopic (exact) mass is 277 g/mol. The first kappa shape index (κ1) is 14.5. The molecule has 0 aromatic heterocycles. The van der Waals surface area contributed by atoms with Gasteiger partial charge >= 0.3 is 0 Å². The average Bonchev–Trinajstić information content (AvgIpc) is 2.32. The maximum Gasteiger partial charge on any atom is 0.0830 e. The molecule has 3 heteroatoms. The van der Waals surface area contributed by atoms with E-state index < -0.39 is 0 Å². The van der Waals surface area contributed by atoms with Crippen LogP contribution in [0.2, 0.25) is 0 Å². The van der Waals surface area contributed by atoms with E-state index in [-0.39, 0.29) is 0 Å². The van der Waals surface area contributed by atoms with E-state index in [4.69, 9.17) is 17.0 Å². The number of nitrogens with one attached hydrogen (secondary N) is 1. The van der Waals surface area contributed by atoms with Gasteiger partial charge in [0.15, 0.2) is 0 Å². The van der Waals surface area contributed by atoms with Crippen molar-refractivity contribution in [3.8, 4) is 0 Å². The fraction of sp³-hybridized carbons (Fsp3) is 0.562. The lowest BCUT2D eigenvalue weighted by Gasteiger charge is -2.32. The minimum Gasteiger partial charge on any atom is -0.376 e. The molecule has 0 saturated carbocycles. The first-order valence-corrected chi connectivity index (χ1v) is 7.40. The molecule has 1 aromatic carbocycles. The van der Waals surface area contributed by atoms with Crippen LogP contribution in [0.5, 0.6) is 0 Å². The van der Waals surface area contributed by atoms with Crippen molar-refractivity contribution in [3.05, 3.63) is 29.3 Å². The van der Waals surface area contributed by atoms with E-state index >= 15 is 0 Å². The molecule has 1 aliphatic rings. The molecule has 104 valence electrons. The highest BCUT2D eigenvalue weighted by atomic mass is 32.1. The lowest BCUT2D eigenvalue weighted by molar-refractivity contribution is -0.0399. The Balaban J connectivity index is 2.02. The maximum absolute atomic E-state index is 5.76. The van der Waals surface area contributed by atoms with Gasteiger partial charge in [-0.05, 0) is 63.8 Å². The summed E-state index contributed by atoms with van der Waals surface area (Å²) >= 11 is 5.57. The summed E-state index contributed by atoms with van der Waals surface area (Å²) in [4.78, 5) is 0.949. The van der Waals surface area contributed by atoms with Crippen LogP contribution in [-0.2, 0) is 4.74 Å². The second-order valence-corrected chi connectivity index (χ2v) is 6.15. The average molecular weight is 277 g/mol. The Morgan fingerprint density at radius 2 is 1.79 bits per heavy atom. The predicted octanol–water partition coefficient (Wildman–Crippen LogP) is 4.25. The molecule has 1 aromatic rings. The Morgan fingerprint density at radius 3 is 2.37 bits per heavy atom. The Hall–Kier alpha value is -0.930. The fourth-order valence-electron chi connectivity index (χ4n) is 2.68. The second-order valence-electron chi connectivity index (χ2n) is 5.71. The normalized spacial score (nSPS) is 27.1. The van der Waals surface area contributed by atoms with Gasteiger partial charge in [0, 0.05) is 11.6 Å². The van der Waals surface area contributed by atoms with Crippen molar-refractivity contribution in [2.45, 2.75) is 52.7 Å². The summed E-state index contributed by atoms with van der Waals surface area (Å²) in [5, 5.41) is 3.40. The molecule has 0 aliphatic carbocycles. The zero-order valence-electron chi connectivity index (χ0n) is 12.2. The fourth-order valence-corrected chi connectivity index (χ4v) is 2.99. The number of rotatable bonds is 2. The van der Waals surface area contributed by atoms with Gasteiger partial charge in [-0.3, -0.25) is 0 Å². The SMILES string of the molecule is Cc1ccc(NC(=S)C2CC(C)OC(C)C2)cc1C. The van der Waals surface area contributed by atoms with E-state index in [1.165, 1.54) is 11.1 Å². The van der Waals surface area contributed by atoms with Gasteiger partial charge in [-0.15, -0.1) is 0 Å². The Labute approximate surface area is 121 Å². The minimum atomic E-state index is 0.299. The Morgan fingerprint density at radius 1 is 1.16 bits per heavy atom. The Kier molecular flexibility index (Phi) is 4.58. The summed E-state index contributed by atoms with van der Waals surface area (Å²) in [6.45, 7) is 8.50. The van der Waals surface area contributed by atoms with Gasteiger partial charge < -0.3 is 10.1 Å². The van der Waals surface area contributed by atoms with Gasteiger partial charge in [-0.1, -0.05) is 18.3 Å². The molecule has 1 heterocycles. The largest absolute Gasteiger partial charge is 0.376 e. The topological polar surface area (TPSA) is 21.3 Å². The zero-order valence-corrected chi connectivity index (χ0v) is 13.0. The molecule has 2 unspecified atom stereocenters. The number of aryl methyl sites for hydroxylation is 2. The summed E-state index contributed by atoms with van der Waals surface area (Å²) in [6, 6.07) is 6.39. The third kappa shape index (κ3) is 3.77. The van der Waals surface area contributed by atoms with Crippen LogP contribution in [0, 0.1) is 19.8 Å². The number of ether oxygens (including phenoxy) is 1. The molecule has 1 fully saturated rings. The third-order valence-electron chi connectivity index (χ3n) is 3.84. The van der Waals surface area contributed by atoms with Crippen molar-refractivity contribution in [2.24, 2.45) is 5.92 Å². The van der Waals surface area contributed by atoms with Crippen molar-refractivity contribution in [1.82, 2.24) is 0 Å². The first-order valence-electron chi connectivity index (χ1n) is 6.99. The third-order valence-corrected chi connectivity index (χ3v) is 4.28. The van der Waals surface area contributed by atoms with E-state index in [1.54, 1.807) is 0 Å². The zero-order chi connectivity index (χ0) is 14.0. The molecule has 2 nitrogen and oxygen atoms in total. The van der Waals surface area contributed by atoms with Crippen LogP contribution >= 0.6 is 12.2 Å². The van der Waals surface area contributed by atoms with Gasteiger partial charge in [0.2, 0.25) is 0 Å². The highest BCUT2D eigenvalue weighted by Gasteiger charge is 2.27. The quantitative estimate of drug-likeness (QED) is 0.817. The van der Waals surface area contributed by atoms with Crippen LogP contribution in [0.3, 0.4) is 0 Å². The van der Waals surface area contributed by atoms with Crippen molar-refractivity contribution in [3.63, 3.8) is 0 Å². The van der Waals surface area contributed by atoms with E-state index in [0.29, 0.717) is 18.1 Å². The van der Waals surface area contributed by atoms with Crippen molar-refractivity contribution in [1.29, 1.82) is 0 Å². The number of hydrogen-bond donors (Lipinski definition) is 1. The number of anilines is 1. The van der Waals surface area contributed by atoms with Crippen molar-refractivity contribution in [2.75, 3.05) is 5.32 Å². The summed E-state index contributed by atoms with van der Waals surface area (Å²) in [5.74, 6) is 0.426. The van der Waals surface area contributed by atoms with E-state index in [0.717, 1.165) is 23.5 Å². The van der Waals surface area contributed by atoms with Crippen molar-refractivity contribution < 1.29 is 4.74 Å². The Bertz CT molecular complexity index is 462. The van der Waals surface area contributed by atoms with Crippen LogP contribution in [0.15, 0.2) is 18.2 Å². The lowest BCUT2D eigenvalue weighted by atomic mass is 9.92. The molecular weight excluding hydrogens is 254 g/mol. The number of benzene rings is 1. The molecule has 0 radical (unpaired) electrons. The number of thiocarbonyl (C=S) groups is 1. The highest BCUT2D eigenvalue weighted by molar-refractivity contribution is 7.80. The van der Waals surface area contributed by atoms with Gasteiger partial charge in [0.05, 0.1) is 17.2 Å². The van der Waals surface area contributed by atoms with E-state index in [1.807, 2.05) is 0 Å². The van der Waals surface area contributed by atoms with Crippen LogP contribution in [0.1, 0.15) is 37.8 Å². The van der Waals surface area contributed by atoms with Gasteiger partial charge in [-0.2, -0.15) is 0 Å². The molecule has 1 N–H and O–H groups in total. The number of hydrogen-bond acceptors (Lipinski definition) is 2. The summed E-state index contributed by atoms with van der Waals surface area (Å²) in [5.41, 5.74) is 3.70. The molecule has 1 aliphatic heterocycles. The van der Waals surface area contributed by atoms with Crippen LogP contribution < -0.4 is 5.32 Å². The molecule has 2 rings (SSSR count). The first-order chi connectivity index (χ1) is 8.95. The van der Waals surface area contributed by atoms with Crippen LogP contribution in [-0.4, -0.2) is 17.2 Å². The van der Waals surface area contributed by atoms with Gasteiger partial charge in [-0.25, -0.2) is 0 Å². The minimum absolute atomic E-state index is 0.299. The smallest absolute Gasteiger partial charge is 0.0830 e. The standard InChI is InChI=1S/C16H23NOS/c1-10-5-6-15(7-11(10)2)17-16(19)14-8-12(3)18-13(4)9-14/h5-7,12-14H,8-9H2,1-4H3,(H,17,19). The van der Waals surface area contributed by atoms with Crippen LogP contribution in [0.4, 0.5) is 5.69 Å². The van der Waals surface area contributed by atoms with E-state index in [2.05, 4.69) is 51.2 Å². The second kappa shape index (κ2) is 6.02.